The number of hydrogen-bond acceptors (Lipinski definition) is 5. The molecule has 0 aliphatic heterocycles. The van der Waals surface area contributed by atoms with Crippen LogP contribution in [0.2, 0.25) is 0 Å². The van der Waals surface area contributed by atoms with E-state index in [1.807, 2.05) is 30.5 Å². The lowest BCUT2D eigenvalue weighted by molar-refractivity contribution is -0.143. The van der Waals surface area contributed by atoms with Crippen LogP contribution < -0.4 is 5.56 Å². The van der Waals surface area contributed by atoms with E-state index in [-0.39, 0.29) is 12.1 Å². The molecule has 5 nitrogen and oxygen atoms in total. The van der Waals surface area contributed by atoms with Crippen molar-refractivity contribution in [2.24, 2.45) is 0 Å². The molecule has 2 heterocycles. The number of carbonyl (C=O) groups excluding carboxylic acids is 1. The molecule has 0 spiro atoms. The zero-order valence-corrected chi connectivity index (χ0v) is 13.7. The zero-order chi connectivity index (χ0) is 16.4. The van der Waals surface area contributed by atoms with E-state index in [0.717, 1.165) is 16.7 Å². The minimum atomic E-state index is -0.439. The Labute approximate surface area is 137 Å². The first-order valence-electron chi connectivity index (χ1n) is 7.29. The van der Waals surface area contributed by atoms with Crippen LogP contribution in [0.3, 0.4) is 0 Å². The fourth-order valence-corrected chi connectivity index (χ4v) is 3.39. The van der Waals surface area contributed by atoms with Crippen molar-refractivity contribution >= 4 is 27.5 Å². The van der Waals surface area contributed by atoms with Gasteiger partial charge in [0.25, 0.3) is 5.56 Å². The van der Waals surface area contributed by atoms with E-state index in [1.165, 1.54) is 22.2 Å². The van der Waals surface area contributed by atoms with Crippen LogP contribution in [-0.4, -0.2) is 22.1 Å². The van der Waals surface area contributed by atoms with Crippen LogP contribution in [0.1, 0.15) is 12.5 Å². The number of esters is 1. The van der Waals surface area contributed by atoms with E-state index in [0.29, 0.717) is 16.8 Å². The average molecular weight is 328 g/mol. The number of rotatable bonds is 4. The van der Waals surface area contributed by atoms with Crippen molar-refractivity contribution in [3.05, 3.63) is 51.9 Å². The highest BCUT2D eigenvalue weighted by Gasteiger charge is 2.14. The van der Waals surface area contributed by atoms with Crippen LogP contribution in [0.5, 0.6) is 0 Å². The van der Waals surface area contributed by atoms with Crippen molar-refractivity contribution in [1.29, 1.82) is 0 Å². The molecule has 2 aromatic heterocycles. The third-order valence-electron chi connectivity index (χ3n) is 3.48. The predicted octanol–water partition coefficient (Wildman–Crippen LogP) is 3.00. The summed E-state index contributed by atoms with van der Waals surface area (Å²) in [7, 11) is 0. The Morgan fingerprint density at radius 1 is 1.39 bits per heavy atom. The molecule has 0 saturated heterocycles. The number of nitrogens with zero attached hydrogens (tertiary/aromatic N) is 2. The summed E-state index contributed by atoms with van der Waals surface area (Å²) in [6, 6.07) is 8.07. The molecule has 0 radical (unpaired) electrons. The minimum absolute atomic E-state index is 0.118. The Morgan fingerprint density at radius 2 is 2.22 bits per heavy atom. The Balaban J connectivity index is 2.04. The number of fused-ring (bicyclic) bond motifs is 1. The van der Waals surface area contributed by atoms with E-state index in [1.54, 1.807) is 6.92 Å². The summed E-state index contributed by atoms with van der Waals surface area (Å²) >= 11 is 1.35. The third-order valence-corrected chi connectivity index (χ3v) is 4.44. The first kappa shape index (κ1) is 15.4. The molecular weight excluding hydrogens is 312 g/mol. The lowest BCUT2D eigenvalue weighted by Crippen LogP contribution is -2.25. The molecule has 3 aromatic rings. The molecule has 0 amide bonds. The first-order chi connectivity index (χ1) is 11.1. The first-order valence-corrected chi connectivity index (χ1v) is 8.17. The topological polar surface area (TPSA) is 61.2 Å². The largest absolute Gasteiger partial charge is 0.465 e. The van der Waals surface area contributed by atoms with Crippen LogP contribution >= 0.6 is 11.3 Å². The molecule has 0 saturated carbocycles. The normalized spacial score (nSPS) is 10.9. The van der Waals surface area contributed by atoms with Gasteiger partial charge in [-0.05, 0) is 19.4 Å². The van der Waals surface area contributed by atoms with Crippen LogP contribution in [0.25, 0.3) is 21.3 Å². The SMILES string of the molecule is CCOC(=O)Cn1cnc2c(-c3cccc(C)c3)csc2c1=O. The second-order valence-electron chi connectivity index (χ2n) is 5.18. The van der Waals surface area contributed by atoms with Crippen molar-refractivity contribution in [3.63, 3.8) is 0 Å². The van der Waals surface area contributed by atoms with Gasteiger partial charge in [0.1, 0.15) is 11.2 Å². The second-order valence-corrected chi connectivity index (χ2v) is 6.06. The van der Waals surface area contributed by atoms with Gasteiger partial charge in [-0.25, -0.2) is 4.98 Å². The van der Waals surface area contributed by atoms with E-state index >= 15 is 0 Å². The lowest BCUT2D eigenvalue weighted by atomic mass is 10.1. The molecule has 0 aliphatic carbocycles. The highest BCUT2D eigenvalue weighted by atomic mass is 32.1. The molecule has 0 unspecified atom stereocenters. The minimum Gasteiger partial charge on any atom is -0.465 e. The number of aryl methyl sites for hydroxylation is 1. The Morgan fingerprint density at radius 3 is 2.96 bits per heavy atom. The van der Waals surface area contributed by atoms with Gasteiger partial charge < -0.3 is 4.74 Å². The smallest absolute Gasteiger partial charge is 0.326 e. The predicted molar refractivity (Wildman–Crippen MR) is 90.7 cm³/mol. The molecule has 118 valence electrons. The van der Waals surface area contributed by atoms with Gasteiger partial charge in [0, 0.05) is 10.9 Å². The fourth-order valence-electron chi connectivity index (χ4n) is 2.42. The summed E-state index contributed by atoms with van der Waals surface area (Å²) in [6.07, 6.45) is 1.41. The maximum atomic E-state index is 12.5. The van der Waals surface area contributed by atoms with Gasteiger partial charge in [-0.3, -0.25) is 14.2 Å². The summed E-state index contributed by atoms with van der Waals surface area (Å²) in [4.78, 5) is 28.5. The molecule has 0 N–H and O–H groups in total. The number of benzene rings is 1. The van der Waals surface area contributed by atoms with Crippen LogP contribution in [-0.2, 0) is 16.1 Å². The fraction of sp³-hybridized carbons (Fsp3) is 0.235. The van der Waals surface area contributed by atoms with Crippen molar-refractivity contribution < 1.29 is 9.53 Å². The van der Waals surface area contributed by atoms with Crippen LogP contribution in [0.4, 0.5) is 0 Å². The Kier molecular flexibility index (Phi) is 4.25. The third kappa shape index (κ3) is 3.03. The number of thiophene rings is 1. The van der Waals surface area contributed by atoms with E-state index < -0.39 is 5.97 Å². The van der Waals surface area contributed by atoms with E-state index in [2.05, 4.69) is 11.1 Å². The molecule has 23 heavy (non-hydrogen) atoms. The van der Waals surface area contributed by atoms with Gasteiger partial charge in [0.05, 0.1) is 18.5 Å². The second kappa shape index (κ2) is 6.34. The maximum Gasteiger partial charge on any atom is 0.326 e. The quantitative estimate of drug-likeness (QED) is 0.691. The number of aromatic nitrogens is 2. The van der Waals surface area contributed by atoms with Crippen molar-refractivity contribution in [2.75, 3.05) is 6.61 Å². The van der Waals surface area contributed by atoms with Crippen LogP contribution in [0, 0.1) is 6.92 Å². The van der Waals surface area contributed by atoms with Gasteiger partial charge in [-0.2, -0.15) is 0 Å². The zero-order valence-electron chi connectivity index (χ0n) is 12.9. The monoisotopic (exact) mass is 328 g/mol. The van der Waals surface area contributed by atoms with Crippen molar-refractivity contribution in [3.8, 4) is 11.1 Å². The summed E-state index contributed by atoms with van der Waals surface area (Å²) in [6.45, 7) is 3.93. The summed E-state index contributed by atoms with van der Waals surface area (Å²) in [5.41, 5.74) is 3.58. The molecule has 0 aliphatic rings. The van der Waals surface area contributed by atoms with E-state index in [4.69, 9.17) is 4.74 Å². The molecule has 6 heteroatoms. The van der Waals surface area contributed by atoms with E-state index in [9.17, 15) is 9.59 Å². The molecule has 0 bridgehead atoms. The van der Waals surface area contributed by atoms with Crippen molar-refractivity contribution in [2.45, 2.75) is 20.4 Å². The standard InChI is InChI=1S/C17H16N2O3S/c1-3-22-14(20)8-19-10-18-15-13(9-23-16(15)17(19)21)12-6-4-5-11(2)7-12/h4-7,9-10H,3,8H2,1-2H3. The highest BCUT2D eigenvalue weighted by Crippen LogP contribution is 2.30. The number of hydrogen-bond donors (Lipinski definition) is 0. The molecule has 0 fully saturated rings. The van der Waals surface area contributed by atoms with Gasteiger partial charge in [-0.15, -0.1) is 11.3 Å². The summed E-state index contributed by atoms with van der Waals surface area (Å²) in [5.74, 6) is -0.439. The molecule has 3 rings (SSSR count). The van der Waals surface area contributed by atoms with Gasteiger partial charge >= 0.3 is 5.97 Å². The molecular formula is C17H16N2O3S. The van der Waals surface area contributed by atoms with Gasteiger partial charge in [-0.1, -0.05) is 29.8 Å². The molecule has 0 atom stereocenters. The van der Waals surface area contributed by atoms with Gasteiger partial charge in [0.15, 0.2) is 0 Å². The average Bonchev–Trinajstić information content (AvgIpc) is 2.95. The van der Waals surface area contributed by atoms with Crippen molar-refractivity contribution in [1.82, 2.24) is 9.55 Å². The highest BCUT2D eigenvalue weighted by molar-refractivity contribution is 7.17. The summed E-state index contributed by atoms with van der Waals surface area (Å²) < 4.78 is 6.72. The Bertz CT molecular complexity index is 927. The number of ether oxygens (including phenoxy) is 1. The van der Waals surface area contributed by atoms with Gasteiger partial charge in [0.2, 0.25) is 0 Å². The maximum absolute atomic E-state index is 12.5. The molecule has 1 aromatic carbocycles. The lowest BCUT2D eigenvalue weighted by Gasteiger charge is -2.05. The number of carbonyl (C=O) groups is 1. The summed E-state index contributed by atoms with van der Waals surface area (Å²) in [5, 5.41) is 1.93. The van der Waals surface area contributed by atoms with Crippen LogP contribution in [0.15, 0.2) is 40.8 Å². The Hall–Kier alpha value is -2.47.